The molecule has 0 saturated heterocycles. The first-order valence-electron chi connectivity index (χ1n) is 31.1. The van der Waals surface area contributed by atoms with E-state index in [0.717, 1.165) is 64.2 Å². The second-order valence-electron chi connectivity index (χ2n) is 21.5. The van der Waals surface area contributed by atoms with Crippen LogP contribution in [0, 0.1) is 0 Å². The van der Waals surface area contributed by atoms with Crippen molar-refractivity contribution in [3.8, 4) is 0 Å². The van der Waals surface area contributed by atoms with Crippen LogP contribution in [-0.2, 0) is 14.3 Å². The Bertz CT molecular complexity index is 1090. The lowest BCUT2D eigenvalue weighted by molar-refractivity contribution is -0.151. The molecule has 0 saturated carbocycles. The number of rotatable bonds is 57. The molecule has 69 heavy (non-hydrogen) atoms. The topological polar surface area (TPSA) is 95.9 Å². The minimum atomic E-state index is -0.792. The van der Waals surface area contributed by atoms with E-state index in [9.17, 15) is 19.8 Å². The molecule has 0 bridgehead atoms. The summed E-state index contributed by atoms with van der Waals surface area (Å²) in [6.45, 7) is 6.53. The molecule has 408 valence electrons. The van der Waals surface area contributed by atoms with Crippen molar-refractivity contribution >= 4 is 11.9 Å². The van der Waals surface area contributed by atoms with Gasteiger partial charge in [0.15, 0.2) is 0 Å². The molecule has 6 nitrogen and oxygen atoms in total. The zero-order valence-corrected chi connectivity index (χ0v) is 46.7. The van der Waals surface area contributed by atoms with Gasteiger partial charge in [0.1, 0.15) is 6.10 Å². The zero-order chi connectivity index (χ0) is 50.2. The quantitative estimate of drug-likeness (QED) is 0.0321. The van der Waals surface area contributed by atoms with Gasteiger partial charge in [-0.05, 0) is 51.4 Å². The average Bonchev–Trinajstić information content (AvgIpc) is 3.34. The van der Waals surface area contributed by atoms with Gasteiger partial charge < -0.3 is 20.3 Å². The van der Waals surface area contributed by atoms with Gasteiger partial charge in [0.25, 0.3) is 0 Å². The van der Waals surface area contributed by atoms with E-state index in [2.05, 4.69) is 50.4 Å². The lowest BCUT2D eigenvalue weighted by Crippen LogP contribution is -2.46. The van der Waals surface area contributed by atoms with Crippen LogP contribution >= 0.6 is 0 Å². The predicted octanol–water partition coefficient (Wildman–Crippen LogP) is 19.4. The molecule has 0 aliphatic heterocycles. The van der Waals surface area contributed by atoms with Crippen LogP contribution in [0.3, 0.4) is 0 Å². The standard InChI is InChI=1S/C63H121NO5/c1-4-7-10-13-16-19-22-25-28-31-32-35-38-41-44-47-50-53-56-63(68)69-59(54-51-48-45-42-39-36-33-29-26-23-20-17-14-11-8-5-2)57-62(67)64-60(58-65)61(66)55-52-49-46-43-40-37-34-30-27-24-21-18-15-12-9-6-3/h29,33,36,39,59-61,65-66H,4-28,30-32,34-35,37-38,40-58H2,1-3H3,(H,64,67)/b33-29+,39-36+. The number of carbonyl (C=O) groups excluding carboxylic acids is 2. The maximum absolute atomic E-state index is 13.3. The minimum absolute atomic E-state index is 0.0660. The van der Waals surface area contributed by atoms with Crippen molar-refractivity contribution in [2.45, 2.75) is 360 Å². The predicted molar refractivity (Wildman–Crippen MR) is 301 cm³/mol. The van der Waals surface area contributed by atoms with Crippen molar-refractivity contribution in [1.29, 1.82) is 0 Å². The molecular weight excluding hydrogens is 851 g/mol. The summed E-state index contributed by atoms with van der Waals surface area (Å²) in [5.74, 6) is -0.477. The van der Waals surface area contributed by atoms with Crippen molar-refractivity contribution in [2.24, 2.45) is 0 Å². The number of hydrogen-bond acceptors (Lipinski definition) is 5. The Labute approximate surface area is 431 Å². The Kier molecular flexibility index (Phi) is 55.9. The van der Waals surface area contributed by atoms with E-state index in [1.165, 1.54) is 231 Å². The summed E-state index contributed by atoms with van der Waals surface area (Å²) in [6.07, 6.45) is 68.2. The number of carbonyl (C=O) groups is 2. The summed E-state index contributed by atoms with van der Waals surface area (Å²) in [7, 11) is 0. The number of ether oxygens (including phenoxy) is 1. The van der Waals surface area contributed by atoms with Gasteiger partial charge in [-0.3, -0.25) is 9.59 Å². The summed E-state index contributed by atoms with van der Waals surface area (Å²) in [5.41, 5.74) is 0. The lowest BCUT2D eigenvalue weighted by atomic mass is 10.0. The van der Waals surface area contributed by atoms with Gasteiger partial charge in [-0.1, -0.05) is 302 Å². The second kappa shape index (κ2) is 57.2. The second-order valence-corrected chi connectivity index (χ2v) is 21.5. The Morgan fingerprint density at radius 3 is 1.09 bits per heavy atom. The monoisotopic (exact) mass is 972 g/mol. The van der Waals surface area contributed by atoms with Crippen molar-refractivity contribution in [1.82, 2.24) is 5.32 Å². The maximum Gasteiger partial charge on any atom is 0.306 e. The first-order chi connectivity index (χ1) is 34.0. The van der Waals surface area contributed by atoms with Gasteiger partial charge in [-0.2, -0.15) is 0 Å². The smallest absolute Gasteiger partial charge is 0.306 e. The van der Waals surface area contributed by atoms with Gasteiger partial charge in [0.2, 0.25) is 5.91 Å². The molecular formula is C63H121NO5. The summed E-state index contributed by atoms with van der Waals surface area (Å²) < 4.78 is 5.97. The third-order valence-corrected chi connectivity index (χ3v) is 14.6. The van der Waals surface area contributed by atoms with E-state index in [-0.39, 0.29) is 24.9 Å². The number of aliphatic hydroxyl groups is 2. The van der Waals surface area contributed by atoms with Crippen LogP contribution in [0.1, 0.15) is 342 Å². The van der Waals surface area contributed by atoms with Gasteiger partial charge >= 0.3 is 5.97 Å². The van der Waals surface area contributed by atoms with Gasteiger partial charge in [-0.15, -0.1) is 0 Å². The molecule has 0 radical (unpaired) electrons. The van der Waals surface area contributed by atoms with Crippen LogP contribution in [-0.4, -0.2) is 46.9 Å². The van der Waals surface area contributed by atoms with Gasteiger partial charge in [0.05, 0.1) is 25.2 Å². The van der Waals surface area contributed by atoms with Crippen LogP contribution in [0.5, 0.6) is 0 Å². The van der Waals surface area contributed by atoms with Crippen LogP contribution in [0.4, 0.5) is 0 Å². The van der Waals surface area contributed by atoms with Gasteiger partial charge in [-0.25, -0.2) is 0 Å². The fourth-order valence-corrected chi connectivity index (χ4v) is 9.84. The van der Waals surface area contributed by atoms with Crippen LogP contribution in [0.25, 0.3) is 0 Å². The number of nitrogens with one attached hydrogen (secondary N) is 1. The number of esters is 1. The fraction of sp³-hybridized carbons (Fsp3) is 0.905. The number of allylic oxidation sites excluding steroid dienone is 4. The van der Waals surface area contributed by atoms with E-state index in [1.54, 1.807) is 0 Å². The van der Waals surface area contributed by atoms with Crippen molar-refractivity contribution in [3.63, 3.8) is 0 Å². The van der Waals surface area contributed by atoms with E-state index in [1.807, 2.05) is 0 Å². The summed E-state index contributed by atoms with van der Waals surface area (Å²) in [4.78, 5) is 26.3. The third kappa shape index (κ3) is 52.5. The maximum atomic E-state index is 13.3. The SMILES string of the molecule is CCCCCCCCC/C=C/C=C/CCCCCC(CC(=O)NC(CO)C(O)CCCCCCCCCCCCCCCCCC)OC(=O)CCCCCCCCCCCCCCCCCCCC. The molecule has 0 aromatic heterocycles. The number of amides is 1. The highest BCUT2D eigenvalue weighted by Gasteiger charge is 2.24. The average molecular weight is 973 g/mol. The fourth-order valence-electron chi connectivity index (χ4n) is 9.84. The Morgan fingerprint density at radius 1 is 0.420 bits per heavy atom. The molecule has 3 atom stereocenters. The van der Waals surface area contributed by atoms with E-state index in [4.69, 9.17) is 4.74 Å². The summed E-state index contributed by atoms with van der Waals surface area (Å²) in [6, 6.07) is -0.707. The zero-order valence-electron chi connectivity index (χ0n) is 46.7. The van der Waals surface area contributed by atoms with Crippen molar-refractivity contribution < 1.29 is 24.5 Å². The number of unbranched alkanes of at least 4 members (excludes halogenated alkanes) is 42. The van der Waals surface area contributed by atoms with Crippen molar-refractivity contribution in [3.05, 3.63) is 24.3 Å². The number of hydrogen-bond donors (Lipinski definition) is 3. The highest BCUT2D eigenvalue weighted by molar-refractivity contribution is 5.77. The first kappa shape index (κ1) is 67.3. The van der Waals surface area contributed by atoms with Crippen LogP contribution in [0.2, 0.25) is 0 Å². The molecule has 3 N–H and O–H groups in total. The Hall–Kier alpha value is -1.66. The van der Waals surface area contributed by atoms with E-state index >= 15 is 0 Å². The molecule has 0 aliphatic carbocycles. The molecule has 6 heteroatoms. The third-order valence-electron chi connectivity index (χ3n) is 14.6. The molecule has 0 aromatic carbocycles. The minimum Gasteiger partial charge on any atom is -0.462 e. The molecule has 3 unspecified atom stereocenters. The highest BCUT2D eigenvalue weighted by Crippen LogP contribution is 2.19. The molecule has 0 aromatic rings. The Morgan fingerprint density at radius 2 is 0.725 bits per heavy atom. The molecule has 0 heterocycles. The van der Waals surface area contributed by atoms with Crippen LogP contribution < -0.4 is 5.32 Å². The van der Waals surface area contributed by atoms with Crippen LogP contribution in [0.15, 0.2) is 24.3 Å². The molecule has 0 fully saturated rings. The van der Waals surface area contributed by atoms with E-state index < -0.39 is 18.2 Å². The molecule has 0 rings (SSSR count). The molecule has 0 aliphatic rings. The van der Waals surface area contributed by atoms with Gasteiger partial charge in [0, 0.05) is 6.42 Å². The normalized spacial score (nSPS) is 13.2. The van der Waals surface area contributed by atoms with E-state index in [0.29, 0.717) is 19.3 Å². The number of aliphatic hydroxyl groups excluding tert-OH is 2. The Balaban J connectivity index is 4.53. The lowest BCUT2D eigenvalue weighted by Gasteiger charge is -2.24. The first-order valence-corrected chi connectivity index (χ1v) is 31.1. The van der Waals surface area contributed by atoms with Crippen molar-refractivity contribution in [2.75, 3.05) is 6.61 Å². The molecule has 1 amide bonds. The largest absolute Gasteiger partial charge is 0.462 e. The summed E-state index contributed by atoms with van der Waals surface area (Å²) >= 11 is 0. The summed E-state index contributed by atoms with van der Waals surface area (Å²) in [5, 5.41) is 23.9. The highest BCUT2D eigenvalue weighted by atomic mass is 16.5. The molecule has 0 spiro atoms.